The molecule has 1 atom stereocenters. The van der Waals surface area contributed by atoms with Gasteiger partial charge in [0.2, 0.25) is 0 Å². The summed E-state index contributed by atoms with van der Waals surface area (Å²) in [5.74, 6) is 0.672. The number of carbonyl (C=O) groups excluding carboxylic acids is 1. The predicted octanol–water partition coefficient (Wildman–Crippen LogP) is 2.18. The maximum Gasteiger partial charge on any atom is 0.254 e. The minimum Gasteiger partial charge on any atom is -0.352 e. The Bertz CT molecular complexity index is 447. The number of piperidine rings is 1. The number of amides is 1. The Balaban J connectivity index is 0.00000220. The molecule has 2 N–H and O–H groups in total. The van der Waals surface area contributed by atoms with E-state index in [1.165, 1.54) is 12.8 Å². The number of aromatic nitrogens is 2. The Morgan fingerprint density at radius 2 is 2.29 bits per heavy atom. The van der Waals surface area contributed by atoms with Crippen LogP contribution in [0.15, 0.2) is 12.4 Å². The summed E-state index contributed by atoms with van der Waals surface area (Å²) in [4.78, 5) is 12.0. The van der Waals surface area contributed by atoms with Gasteiger partial charge < -0.3 is 10.6 Å². The van der Waals surface area contributed by atoms with Crippen LogP contribution in [-0.2, 0) is 5.54 Å². The molecule has 0 spiro atoms. The van der Waals surface area contributed by atoms with Crippen LogP contribution in [-0.4, -0.2) is 35.3 Å². The average molecular weight is 315 g/mol. The summed E-state index contributed by atoms with van der Waals surface area (Å²) in [6, 6.07) is 0. The van der Waals surface area contributed by atoms with Crippen molar-refractivity contribution >= 4 is 18.3 Å². The van der Waals surface area contributed by atoms with Crippen LogP contribution in [0.5, 0.6) is 0 Å². The number of nitrogens with zero attached hydrogens (tertiary/aromatic N) is 2. The highest BCUT2D eigenvalue weighted by Crippen LogP contribution is 2.14. The van der Waals surface area contributed by atoms with Gasteiger partial charge in [0.05, 0.1) is 17.3 Å². The molecule has 1 aromatic heterocycles. The Kier molecular flexibility index (Phi) is 6.68. The van der Waals surface area contributed by atoms with Crippen LogP contribution in [0.1, 0.15) is 50.4 Å². The second-order valence-corrected chi connectivity index (χ2v) is 6.60. The van der Waals surface area contributed by atoms with Gasteiger partial charge in [-0.25, -0.2) is 0 Å². The highest BCUT2D eigenvalue weighted by atomic mass is 35.5. The maximum atomic E-state index is 12.0. The molecule has 0 saturated carbocycles. The molecule has 2 heterocycles. The molecule has 0 aromatic carbocycles. The first-order valence-electron chi connectivity index (χ1n) is 7.51. The molecular weight excluding hydrogens is 288 g/mol. The summed E-state index contributed by atoms with van der Waals surface area (Å²) in [7, 11) is 0. The molecule has 6 heteroatoms. The molecule has 1 amide bonds. The summed E-state index contributed by atoms with van der Waals surface area (Å²) >= 11 is 0. The van der Waals surface area contributed by atoms with Gasteiger partial charge in [-0.2, -0.15) is 5.10 Å². The molecule has 0 bridgehead atoms. The third-order valence-electron chi connectivity index (χ3n) is 3.77. The Morgan fingerprint density at radius 3 is 2.86 bits per heavy atom. The van der Waals surface area contributed by atoms with Crippen LogP contribution in [0.2, 0.25) is 0 Å². The normalized spacial score (nSPS) is 18.9. The van der Waals surface area contributed by atoms with Crippen LogP contribution in [0.25, 0.3) is 0 Å². The van der Waals surface area contributed by atoms with Gasteiger partial charge in [-0.1, -0.05) is 0 Å². The van der Waals surface area contributed by atoms with E-state index in [0.717, 1.165) is 26.1 Å². The van der Waals surface area contributed by atoms with Gasteiger partial charge in [0.25, 0.3) is 5.91 Å². The topological polar surface area (TPSA) is 59.0 Å². The molecule has 1 fully saturated rings. The largest absolute Gasteiger partial charge is 0.352 e. The predicted molar refractivity (Wildman–Crippen MR) is 87.0 cm³/mol. The van der Waals surface area contributed by atoms with Gasteiger partial charge in [0, 0.05) is 12.7 Å². The molecule has 120 valence electrons. The van der Waals surface area contributed by atoms with Crippen LogP contribution in [0, 0.1) is 5.92 Å². The molecule has 2 rings (SSSR count). The lowest BCUT2D eigenvalue weighted by Gasteiger charge is -2.22. The van der Waals surface area contributed by atoms with E-state index in [1.807, 2.05) is 10.9 Å². The molecule has 1 aromatic rings. The summed E-state index contributed by atoms with van der Waals surface area (Å²) in [5.41, 5.74) is 0.549. The molecule has 1 unspecified atom stereocenters. The van der Waals surface area contributed by atoms with Gasteiger partial charge in [-0.3, -0.25) is 9.48 Å². The highest BCUT2D eigenvalue weighted by molar-refractivity contribution is 5.93. The smallest absolute Gasteiger partial charge is 0.254 e. The van der Waals surface area contributed by atoms with E-state index in [4.69, 9.17) is 0 Å². The van der Waals surface area contributed by atoms with Crippen LogP contribution < -0.4 is 10.6 Å². The first-order valence-corrected chi connectivity index (χ1v) is 7.51. The van der Waals surface area contributed by atoms with Crippen molar-refractivity contribution in [2.75, 3.05) is 19.6 Å². The summed E-state index contributed by atoms with van der Waals surface area (Å²) in [6.45, 7) is 9.16. The van der Waals surface area contributed by atoms with E-state index in [2.05, 4.69) is 36.5 Å². The molecule has 1 aliphatic rings. The summed E-state index contributed by atoms with van der Waals surface area (Å²) in [5, 5.41) is 10.6. The van der Waals surface area contributed by atoms with Gasteiger partial charge in [0.1, 0.15) is 0 Å². The Morgan fingerprint density at radius 1 is 1.52 bits per heavy atom. The first-order chi connectivity index (χ1) is 9.47. The quantitative estimate of drug-likeness (QED) is 0.895. The van der Waals surface area contributed by atoms with Crippen molar-refractivity contribution in [1.82, 2.24) is 20.4 Å². The van der Waals surface area contributed by atoms with Crippen LogP contribution >= 0.6 is 12.4 Å². The minimum atomic E-state index is -0.0910. The molecule has 1 saturated heterocycles. The number of hydrogen-bond acceptors (Lipinski definition) is 3. The Hall–Kier alpha value is -1.07. The molecule has 1 aliphatic heterocycles. The van der Waals surface area contributed by atoms with Crippen molar-refractivity contribution in [3.63, 3.8) is 0 Å². The molecule has 0 radical (unpaired) electrons. The lowest BCUT2D eigenvalue weighted by atomic mass is 9.96. The zero-order chi connectivity index (χ0) is 14.6. The van der Waals surface area contributed by atoms with E-state index < -0.39 is 0 Å². The Labute approximate surface area is 133 Å². The first kappa shape index (κ1) is 18.0. The van der Waals surface area contributed by atoms with Crippen molar-refractivity contribution in [1.29, 1.82) is 0 Å². The van der Waals surface area contributed by atoms with Crippen LogP contribution in [0.4, 0.5) is 0 Å². The molecule has 21 heavy (non-hydrogen) atoms. The third-order valence-corrected chi connectivity index (χ3v) is 3.77. The van der Waals surface area contributed by atoms with E-state index in [1.54, 1.807) is 6.20 Å². The van der Waals surface area contributed by atoms with E-state index in [0.29, 0.717) is 11.5 Å². The number of halogens is 1. The van der Waals surface area contributed by atoms with Crippen molar-refractivity contribution in [2.45, 2.75) is 45.6 Å². The van der Waals surface area contributed by atoms with E-state index in [-0.39, 0.29) is 23.9 Å². The molecule has 0 aliphatic carbocycles. The number of nitrogens with one attached hydrogen (secondary N) is 2. The monoisotopic (exact) mass is 314 g/mol. The van der Waals surface area contributed by atoms with E-state index >= 15 is 0 Å². The zero-order valence-corrected chi connectivity index (χ0v) is 14.0. The lowest BCUT2D eigenvalue weighted by molar-refractivity contribution is 0.0950. The highest BCUT2D eigenvalue weighted by Gasteiger charge is 2.17. The summed E-state index contributed by atoms with van der Waals surface area (Å²) in [6.07, 6.45) is 7.02. The fourth-order valence-corrected chi connectivity index (χ4v) is 2.47. The fraction of sp³-hybridized carbons (Fsp3) is 0.733. The van der Waals surface area contributed by atoms with Crippen molar-refractivity contribution in [3.05, 3.63) is 18.0 Å². The average Bonchev–Trinajstić information content (AvgIpc) is 2.89. The number of hydrogen-bond donors (Lipinski definition) is 2. The fourth-order valence-electron chi connectivity index (χ4n) is 2.47. The standard InChI is InChI=1S/C15H26N4O.ClH/c1-15(2,3)19-11-13(10-18-19)14(20)17-8-6-12-5-4-7-16-9-12;/h10-12,16H,4-9H2,1-3H3,(H,17,20);1H. The van der Waals surface area contributed by atoms with Crippen molar-refractivity contribution < 1.29 is 4.79 Å². The maximum absolute atomic E-state index is 12.0. The second kappa shape index (κ2) is 7.80. The number of rotatable bonds is 4. The minimum absolute atomic E-state index is 0. The molecular formula is C15H27ClN4O. The SMILES string of the molecule is CC(C)(C)n1cc(C(=O)NCCC2CCCNC2)cn1.Cl. The number of carbonyl (C=O) groups is 1. The van der Waals surface area contributed by atoms with Gasteiger partial charge in [-0.05, 0) is 59.0 Å². The third kappa shape index (κ3) is 5.32. The van der Waals surface area contributed by atoms with Gasteiger partial charge >= 0.3 is 0 Å². The zero-order valence-electron chi connectivity index (χ0n) is 13.2. The lowest BCUT2D eigenvalue weighted by Crippen LogP contribution is -2.33. The summed E-state index contributed by atoms with van der Waals surface area (Å²) < 4.78 is 1.83. The van der Waals surface area contributed by atoms with Crippen molar-refractivity contribution in [2.24, 2.45) is 5.92 Å². The molecule has 5 nitrogen and oxygen atoms in total. The second-order valence-electron chi connectivity index (χ2n) is 6.60. The van der Waals surface area contributed by atoms with Crippen molar-refractivity contribution in [3.8, 4) is 0 Å². The van der Waals surface area contributed by atoms with E-state index in [9.17, 15) is 4.79 Å². The van der Waals surface area contributed by atoms with Gasteiger partial charge in [0.15, 0.2) is 0 Å². The van der Waals surface area contributed by atoms with Crippen LogP contribution in [0.3, 0.4) is 0 Å². The van der Waals surface area contributed by atoms with Gasteiger partial charge in [-0.15, -0.1) is 12.4 Å².